The van der Waals surface area contributed by atoms with Crippen LogP contribution in [0.3, 0.4) is 0 Å². The number of hydrogen-bond donors (Lipinski definition) is 1. The van der Waals surface area contributed by atoms with E-state index in [-0.39, 0.29) is 17.3 Å². The first kappa shape index (κ1) is 20.5. The van der Waals surface area contributed by atoms with E-state index in [9.17, 15) is 13.6 Å². The molecule has 1 saturated heterocycles. The molecule has 1 unspecified atom stereocenters. The minimum absolute atomic E-state index is 0.0517. The predicted molar refractivity (Wildman–Crippen MR) is 107 cm³/mol. The summed E-state index contributed by atoms with van der Waals surface area (Å²) in [5.41, 5.74) is 0.234. The van der Waals surface area contributed by atoms with Crippen LogP contribution in [0.25, 0.3) is 0 Å². The number of nitrogens with one attached hydrogen (secondary N) is 1. The van der Waals surface area contributed by atoms with Crippen molar-refractivity contribution in [1.82, 2.24) is 9.88 Å². The van der Waals surface area contributed by atoms with Gasteiger partial charge in [-0.25, -0.2) is 4.98 Å². The molecule has 1 fully saturated rings. The van der Waals surface area contributed by atoms with Gasteiger partial charge in [0.1, 0.15) is 11.6 Å². The Morgan fingerprint density at radius 2 is 1.89 bits per heavy atom. The van der Waals surface area contributed by atoms with Gasteiger partial charge in [-0.15, -0.1) is 0 Å². The Morgan fingerprint density at radius 1 is 1.18 bits per heavy atom. The van der Waals surface area contributed by atoms with Gasteiger partial charge in [0.05, 0.1) is 11.7 Å². The number of nitrogens with zero attached hydrogens (tertiary/aromatic N) is 3. The fraction of sp³-hybridized carbons (Fsp3) is 0.368. The van der Waals surface area contributed by atoms with Crippen LogP contribution in [0.1, 0.15) is 6.92 Å². The normalized spacial score (nSPS) is 16.1. The number of carbonyl (C=O) groups is 1. The Labute approximate surface area is 170 Å². The summed E-state index contributed by atoms with van der Waals surface area (Å²) in [7, 11) is 0. The molecule has 0 spiro atoms. The Bertz CT molecular complexity index is 799. The third-order valence-corrected chi connectivity index (χ3v) is 5.11. The Hall–Kier alpha value is -2.26. The lowest BCUT2D eigenvalue weighted by Gasteiger charge is -2.38. The molecule has 1 amide bonds. The maximum Gasteiger partial charge on any atom is 0.387 e. The third kappa shape index (κ3) is 5.17. The van der Waals surface area contributed by atoms with Crippen molar-refractivity contribution in [3.8, 4) is 5.75 Å². The van der Waals surface area contributed by atoms with E-state index < -0.39 is 12.7 Å². The number of piperazine rings is 1. The number of alkyl halides is 2. The summed E-state index contributed by atoms with van der Waals surface area (Å²) < 4.78 is 30.5. The number of benzene rings is 1. The maximum absolute atomic E-state index is 12.6. The van der Waals surface area contributed by atoms with Crippen LogP contribution in [0.15, 0.2) is 47.1 Å². The zero-order valence-corrected chi connectivity index (χ0v) is 16.9. The molecule has 0 radical (unpaired) electrons. The lowest BCUT2D eigenvalue weighted by Crippen LogP contribution is -2.53. The summed E-state index contributed by atoms with van der Waals surface area (Å²) in [4.78, 5) is 21.2. The quantitative estimate of drug-likeness (QED) is 0.722. The molecule has 1 N–H and O–H groups in total. The van der Waals surface area contributed by atoms with Crippen LogP contribution in [0.2, 0.25) is 0 Å². The number of amides is 1. The number of halogens is 3. The average Bonchev–Trinajstić information content (AvgIpc) is 2.69. The fourth-order valence-electron chi connectivity index (χ4n) is 3.07. The van der Waals surface area contributed by atoms with Gasteiger partial charge in [0.15, 0.2) is 0 Å². The van der Waals surface area contributed by atoms with Crippen LogP contribution in [0, 0.1) is 0 Å². The number of anilines is 2. The number of aromatic nitrogens is 1. The van der Waals surface area contributed by atoms with Gasteiger partial charge in [0, 0.05) is 36.8 Å². The van der Waals surface area contributed by atoms with Crippen molar-refractivity contribution in [2.75, 3.05) is 36.4 Å². The summed E-state index contributed by atoms with van der Waals surface area (Å²) in [5, 5.41) is 2.69. The smallest absolute Gasteiger partial charge is 0.387 e. The Morgan fingerprint density at radius 3 is 2.54 bits per heavy atom. The summed E-state index contributed by atoms with van der Waals surface area (Å²) in [6.07, 6.45) is 1.76. The highest BCUT2D eigenvalue weighted by molar-refractivity contribution is 9.10. The monoisotopic (exact) mass is 454 g/mol. The summed E-state index contributed by atoms with van der Waals surface area (Å²) in [6, 6.07) is 9.67. The van der Waals surface area contributed by atoms with E-state index in [2.05, 4.69) is 40.8 Å². The molecule has 150 valence electrons. The minimum Gasteiger partial charge on any atom is -0.433 e. The largest absolute Gasteiger partial charge is 0.433 e. The molecule has 0 saturated carbocycles. The van der Waals surface area contributed by atoms with Crippen LogP contribution < -0.4 is 15.0 Å². The van der Waals surface area contributed by atoms with Gasteiger partial charge in [-0.1, -0.05) is 12.1 Å². The minimum atomic E-state index is -2.95. The maximum atomic E-state index is 12.6. The predicted octanol–water partition coefficient (Wildman–Crippen LogP) is 3.59. The topological polar surface area (TPSA) is 57.7 Å². The van der Waals surface area contributed by atoms with Gasteiger partial charge in [-0.3, -0.25) is 9.69 Å². The molecule has 6 nitrogen and oxygen atoms in total. The molecule has 28 heavy (non-hydrogen) atoms. The molecule has 1 aromatic carbocycles. The summed E-state index contributed by atoms with van der Waals surface area (Å²) in [5.74, 6) is 0.586. The average molecular weight is 455 g/mol. The van der Waals surface area contributed by atoms with E-state index in [1.54, 1.807) is 31.3 Å². The van der Waals surface area contributed by atoms with E-state index in [1.807, 2.05) is 12.1 Å². The second-order valence-electron chi connectivity index (χ2n) is 6.40. The van der Waals surface area contributed by atoms with E-state index in [1.165, 1.54) is 6.07 Å². The first-order valence-electron chi connectivity index (χ1n) is 8.89. The zero-order valence-electron chi connectivity index (χ0n) is 15.3. The van der Waals surface area contributed by atoms with Crippen molar-refractivity contribution in [3.05, 3.63) is 47.1 Å². The van der Waals surface area contributed by atoms with E-state index >= 15 is 0 Å². The number of ether oxygens (including phenoxy) is 1. The van der Waals surface area contributed by atoms with Gasteiger partial charge in [-0.05, 0) is 47.1 Å². The summed E-state index contributed by atoms with van der Waals surface area (Å²) >= 11 is 3.38. The first-order chi connectivity index (χ1) is 13.4. The number of pyridine rings is 1. The molecular weight excluding hydrogens is 434 g/mol. The van der Waals surface area contributed by atoms with Crippen molar-refractivity contribution >= 4 is 33.3 Å². The standard InChI is InChI=1S/C19H21BrF2N4O2/c1-13(18(27)24-15-4-2-3-5-16(15)28-19(21)22)25-8-10-26(11-9-25)17-7-6-14(20)12-23-17/h2-7,12-13,19H,8-11H2,1H3,(H,24,27). The van der Waals surface area contributed by atoms with Gasteiger partial charge in [0.2, 0.25) is 5.91 Å². The summed E-state index contributed by atoms with van der Waals surface area (Å²) in [6.45, 7) is 1.74. The molecular formula is C19H21BrF2N4O2. The molecule has 1 aliphatic heterocycles. The Balaban J connectivity index is 1.57. The molecule has 1 aromatic heterocycles. The van der Waals surface area contributed by atoms with Crippen molar-refractivity contribution in [2.45, 2.75) is 19.6 Å². The molecule has 3 rings (SSSR count). The Kier molecular flexibility index (Phi) is 6.79. The second-order valence-corrected chi connectivity index (χ2v) is 7.31. The number of carbonyl (C=O) groups excluding carboxylic acids is 1. The second kappa shape index (κ2) is 9.29. The highest BCUT2D eigenvalue weighted by Gasteiger charge is 2.26. The number of rotatable bonds is 6. The van der Waals surface area contributed by atoms with Gasteiger partial charge in [0.25, 0.3) is 0 Å². The molecule has 1 atom stereocenters. The van der Waals surface area contributed by atoms with Gasteiger partial charge in [-0.2, -0.15) is 8.78 Å². The van der Waals surface area contributed by atoms with Gasteiger partial charge < -0.3 is 15.0 Å². The van der Waals surface area contributed by atoms with Gasteiger partial charge >= 0.3 is 6.61 Å². The molecule has 0 bridgehead atoms. The van der Waals surface area contributed by atoms with Crippen LogP contribution >= 0.6 is 15.9 Å². The molecule has 2 aromatic rings. The zero-order chi connectivity index (χ0) is 20.1. The van der Waals surface area contributed by atoms with Crippen LogP contribution in [0.4, 0.5) is 20.3 Å². The number of para-hydroxylation sites is 2. The molecule has 9 heteroatoms. The van der Waals surface area contributed by atoms with Crippen molar-refractivity contribution < 1.29 is 18.3 Å². The highest BCUT2D eigenvalue weighted by atomic mass is 79.9. The van der Waals surface area contributed by atoms with Crippen LogP contribution in [-0.2, 0) is 4.79 Å². The van der Waals surface area contributed by atoms with Crippen molar-refractivity contribution in [2.24, 2.45) is 0 Å². The van der Waals surface area contributed by atoms with E-state index in [4.69, 9.17) is 0 Å². The molecule has 1 aliphatic rings. The van der Waals surface area contributed by atoms with Crippen molar-refractivity contribution in [3.63, 3.8) is 0 Å². The SMILES string of the molecule is CC(C(=O)Nc1ccccc1OC(F)F)N1CCN(c2ccc(Br)cn2)CC1. The van der Waals surface area contributed by atoms with Crippen molar-refractivity contribution in [1.29, 1.82) is 0 Å². The van der Waals surface area contributed by atoms with E-state index in [0.29, 0.717) is 13.1 Å². The fourth-order valence-corrected chi connectivity index (χ4v) is 3.30. The first-order valence-corrected chi connectivity index (χ1v) is 9.68. The number of hydrogen-bond acceptors (Lipinski definition) is 5. The molecule has 2 heterocycles. The van der Waals surface area contributed by atoms with Crippen LogP contribution in [0.5, 0.6) is 5.75 Å². The van der Waals surface area contributed by atoms with Crippen LogP contribution in [-0.4, -0.2) is 54.6 Å². The molecule has 0 aliphatic carbocycles. The van der Waals surface area contributed by atoms with E-state index in [0.717, 1.165) is 23.4 Å². The third-order valence-electron chi connectivity index (χ3n) is 4.64. The highest BCUT2D eigenvalue weighted by Crippen LogP contribution is 2.26. The lowest BCUT2D eigenvalue weighted by atomic mass is 10.2. The lowest BCUT2D eigenvalue weighted by molar-refractivity contribution is -0.120.